The molecule has 0 saturated carbocycles. The van der Waals surface area contributed by atoms with Crippen LogP contribution < -0.4 is 28.4 Å². The van der Waals surface area contributed by atoms with Crippen LogP contribution in [0.25, 0.3) is 0 Å². The van der Waals surface area contributed by atoms with Gasteiger partial charge in [0.15, 0.2) is 23.0 Å². The van der Waals surface area contributed by atoms with Crippen LogP contribution in [0.4, 0.5) is 26.3 Å². The predicted molar refractivity (Wildman–Crippen MR) is 211 cm³/mol. The van der Waals surface area contributed by atoms with Gasteiger partial charge in [-0.3, -0.25) is 0 Å². The summed E-state index contributed by atoms with van der Waals surface area (Å²) in [6, 6.07) is 18.4. The zero-order valence-corrected chi connectivity index (χ0v) is 35.2. The van der Waals surface area contributed by atoms with Crippen LogP contribution >= 0.6 is 0 Å². The van der Waals surface area contributed by atoms with Crippen molar-refractivity contribution in [3.05, 3.63) is 107 Å². The maximum Gasteiger partial charge on any atom is 0.432 e. The number of carbonyl (C=O) groups is 2. The van der Waals surface area contributed by atoms with E-state index in [4.69, 9.17) is 47.4 Å². The molecule has 0 aliphatic heterocycles. The average Bonchev–Trinajstić information content (AvgIpc) is 3.26. The monoisotopic (exact) mass is 882 g/mol. The Kier molecular flexibility index (Phi) is 16.4. The minimum atomic E-state index is -5.34. The molecule has 0 heterocycles. The van der Waals surface area contributed by atoms with Gasteiger partial charge in [-0.1, -0.05) is 60.7 Å². The number of halogens is 6. The molecule has 0 fully saturated rings. The number of ether oxygens (including phenoxy) is 10. The molecule has 18 heteroatoms. The van der Waals surface area contributed by atoms with Gasteiger partial charge in [0.05, 0.1) is 55.9 Å². The molecule has 0 N–H and O–H groups in total. The fourth-order valence-electron chi connectivity index (χ4n) is 7.18. The number of carbonyl (C=O) groups excluding carboxylic acids is 2. The Morgan fingerprint density at radius 3 is 0.984 bits per heavy atom. The molecule has 12 nitrogen and oxygen atoms in total. The lowest BCUT2D eigenvalue weighted by Crippen LogP contribution is -2.52. The van der Waals surface area contributed by atoms with E-state index in [1.807, 2.05) is 0 Å². The van der Waals surface area contributed by atoms with Crippen LogP contribution in [-0.2, 0) is 52.6 Å². The third kappa shape index (κ3) is 9.91. The molecule has 0 aliphatic rings. The van der Waals surface area contributed by atoms with E-state index in [1.165, 1.54) is 103 Å². The smallest absolute Gasteiger partial charge is 0.432 e. The summed E-state index contributed by atoms with van der Waals surface area (Å²) in [7, 11) is 9.57. The van der Waals surface area contributed by atoms with E-state index in [2.05, 4.69) is 0 Å². The first-order valence-electron chi connectivity index (χ1n) is 18.7. The van der Waals surface area contributed by atoms with Crippen molar-refractivity contribution in [2.45, 2.75) is 36.4 Å². The molecule has 0 saturated heterocycles. The van der Waals surface area contributed by atoms with Crippen molar-refractivity contribution in [1.82, 2.24) is 0 Å². The molecule has 4 aromatic rings. The second-order valence-electron chi connectivity index (χ2n) is 13.7. The Labute approximate surface area is 354 Å². The van der Waals surface area contributed by atoms with Crippen LogP contribution in [0.1, 0.15) is 22.3 Å². The molecule has 4 aromatic carbocycles. The van der Waals surface area contributed by atoms with Gasteiger partial charge in [-0.25, -0.2) is 9.59 Å². The van der Waals surface area contributed by atoms with E-state index >= 15 is 26.3 Å². The fraction of sp³-hybridized carbons (Fsp3) is 0.409. The van der Waals surface area contributed by atoms with E-state index in [0.717, 1.165) is 24.3 Å². The number of rotatable bonds is 21. The summed E-state index contributed by atoms with van der Waals surface area (Å²) in [5.41, 5.74) is -7.55. The van der Waals surface area contributed by atoms with Gasteiger partial charge < -0.3 is 47.4 Å². The number of alkyl halides is 6. The SMILES string of the molecule is COc1cc(C[C@H](COC(=O)[C@](OC)(c2ccccc2)C(F)(F)F)[C@@H](COC(=O)[C@](OC)(c2ccccc2)C(F)(F)F)Cc2cc(OC)c(OC)c(OC)c2)cc(OC)c1OC. The summed E-state index contributed by atoms with van der Waals surface area (Å²) in [5, 5.41) is 0. The first-order chi connectivity index (χ1) is 29.5. The van der Waals surface area contributed by atoms with Gasteiger partial charge in [0.25, 0.3) is 11.2 Å². The van der Waals surface area contributed by atoms with Gasteiger partial charge in [-0.05, 0) is 48.2 Å². The maximum atomic E-state index is 15.0. The second-order valence-corrected chi connectivity index (χ2v) is 13.7. The summed E-state index contributed by atoms with van der Waals surface area (Å²) >= 11 is 0. The molecule has 0 radical (unpaired) electrons. The van der Waals surface area contributed by atoms with Crippen LogP contribution in [0.15, 0.2) is 84.9 Å². The van der Waals surface area contributed by atoms with Crippen LogP contribution in [0.3, 0.4) is 0 Å². The first kappa shape index (κ1) is 48.8. The molecule has 0 aliphatic carbocycles. The largest absolute Gasteiger partial charge is 0.493 e. The maximum absolute atomic E-state index is 15.0. The molecular formula is C44H48F6O12. The number of benzene rings is 4. The molecule has 0 aromatic heterocycles. The predicted octanol–water partition coefficient (Wildman–Crippen LogP) is 8.05. The van der Waals surface area contributed by atoms with E-state index in [0.29, 0.717) is 25.3 Å². The van der Waals surface area contributed by atoms with Crippen molar-refractivity contribution in [1.29, 1.82) is 0 Å². The zero-order valence-electron chi connectivity index (χ0n) is 35.2. The average molecular weight is 883 g/mol. The summed E-state index contributed by atoms with van der Waals surface area (Å²) in [4.78, 5) is 27.8. The quantitative estimate of drug-likeness (QED) is 0.0594. The second kappa shape index (κ2) is 20.8. The van der Waals surface area contributed by atoms with E-state index < -0.39 is 71.7 Å². The number of esters is 2. The van der Waals surface area contributed by atoms with Gasteiger partial charge >= 0.3 is 24.3 Å². The van der Waals surface area contributed by atoms with Crippen molar-refractivity contribution in [2.75, 3.05) is 70.1 Å². The Balaban J connectivity index is 1.92. The summed E-state index contributed by atoms with van der Waals surface area (Å²) in [6.07, 6.45) is -11.0. The summed E-state index contributed by atoms with van der Waals surface area (Å²) < 4.78 is 144. The van der Waals surface area contributed by atoms with Crippen molar-refractivity contribution >= 4 is 11.9 Å². The van der Waals surface area contributed by atoms with E-state index in [1.54, 1.807) is 0 Å². The molecule has 0 bridgehead atoms. The van der Waals surface area contributed by atoms with Crippen molar-refractivity contribution in [3.8, 4) is 34.5 Å². The lowest BCUT2D eigenvalue weighted by Gasteiger charge is -2.35. The van der Waals surface area contributed by atoms with Gasteiger partial charge in [0.2, 0.25) is 11.5 Å². The molecule has 62 heavy (non-hydrogen) atoms. The van der Waals surface area contributed by atoms with Gasteiger partial charge in [0.1, 0.15) is 0 Å². The number of hydrogen-bond acceptors (Lipinski definition) is 12. The number of hydrogen-bond donors (Lipinski definition) is 0. The molecule has 0 amide bonds. The molecule has 338 valence electrons. The van der Waals surface area contributed by atoms with Gasteiger partial charge in [-0.15, -0.1) is 0 Å². The molecule has 0 unspecified atom stereocenters. The van der Waals surface area contributed by atoms with E-state index in [-0.39, 0.29) is 47.3 Å². The first-order valence-corrected chi connectivity index (χ1v) is 18.7. The normalized spacial score (nSPS) is 14.6. The van der Waals surface area contributed by atoms with E-state index in [9.17, 15) is 9.59 Å². The standard InChI is InChI=1S/C44H48F6O12/c1-53-33-21-27(22-34(54-2)37(33)57-5)19-29(25-61-39(51)41(59-7,43(45,46)47)31-15-11-9-12-16-31)30(20-28-23-35(55-3)38(58-6)36(24-28)56-4)26-62-40(52)42(60-8,44(48,49)50)32-17-13-10-14-18-32/h9-18,21-24,29-30H,19-20,25-26H2,1-8H3/t29-,30-,41-,42-/m1/s1. The Morgan fingerprint density at radius 2 is 0.758 bits per heavy atom. The lowest BCUT2D eigenvalue weighted by molar-refractivity contribution is -0.278. The fourth-order valence-corrected chi connectivity index (χ4v) is 7.18. The van der Waals surface area contributed by atoms with Crippen molar-refractivity contribution < 1.29 is 83.3 Å². The highest BCUT2D eigenvalue weighted by atomic mass is 19.4. The highest BCUT2D eigenvalue weighted by Crippen LogP contribution is 2.46. The topological polar surface area (TPSA) is 126 Å². The van der Waals surface area contributed by atoms with Crippen LogP contribution in [-0.4, -0.2) is 94.4 Å². The van der Waals surface area contributed by atoms with Crippen LogP contribution in [0.2, 0.25) is 0 Å². The van der Waals surface area contributed by atoms with Crippen LogP contribution in [0.5, 0.6) is 34.5 Å². The van der Waals surface area contributed by atoms with Crippen molar-refractivity contribution in [3.63, 3.8) is 0 Å². The molecule has 4 rings (SSSR count). The molecule has 4 atom stereocenters. The van der Waals surface area contributed by atoms with Gasteiger partial charge in [-0.2, -0.15) is 26.3 Å². The Morgan fingerprint density at radius 1 is 0.468 bits per heavy atom. The molecule has 0 spiro atoms. The minimum Gasteiger partial charge on any atom is -0.493 e. The highest BCUT2D eigenvalue weighted by Gasteiger charge is 2.65. The molecular weight excluding hydrogens is 834 g/mol. The van der Waals surface area contributed by atoms with Crippen LogP contribution in [0, 0.1) is 11.8 Å². The highest BCUT2D eigenvalue weighted by molar-refractivity contribution is 5.83. The summed E-state index contributed by atoms with van der Waals surface area (Å²) in [5.74, 6) is -4.83. The summed E-state index contributed by atoms with van der Waals surface area (Å²) in [6.45, 7) is -1.63. The third-order valence-electron chi connectivity index (χ3n) is 10.3. The zero-order chi connectivity index (χ0) is 45.9. The number of methoxy groups -OCH3 is 8. The lowest BCUT2D eigenvalue weighted by atomic mass is 9.83. The third-order valence-corrected chi connectivity index (χ3v) is 10.3. The Hall–Kier alpha value is -5.88. The Bertz CT molecular complexity index is 1900. The van der Waals surface area contributed by atoms with Gasteiger partial charge in [0, 0.05) is 37.2 Å². The van der Waals surface area contributed by atoms with Crippen molar-refractivity contribution in [2.24, 2.45) is 11.8 Å². The minimum absolute atomic E-state index is 0.179.